The first-order chi connectivity index (χ1) is 17.0. The Bertz CT molecular complexity index is 1510. The Hall–Kier alpha value is -4.86. The molecule has 0 radical (unpaired) electrons. The molecule has 3 aromatic carbocycles. The lowest BCUT2D eigenvalue weighted by Gasteiger charge is -2.29. The number of anilines is 3. The molecule has 10 heteroatoms. The Morgan fingerprint density at radius 2 is 1.69 bits per heavy atom. The van der Waals surface area contributed by atoms with Crippen LogP contribution >= 0.6 is 0 Å². The fraction of sp³-hybridized carbons (Fsp3) is 0.120. The summed E-state index contributed by atoms with van der Waals surface area (Å²) in [6.45, 7) is 0.000865. The number of fused-ring (bicyclic) bond motifs is 2. The van der Waals surface area contributed by atoms with Crippen molar-refractivity contribution >= 4 is 45.7 Å². The van der Waals surface area contributed by atoms with Gasteiger partial charge >= 0.3 is 0 Å². The summed E-state index contributed by atoms with van der Waals surface area (Å²) in [4.78, 5) is 51.4. The summed E-state index contributed by atoms with van der Waals surface area (Å²) in [5, 5.41) is 13.8. The van der Waals surface area contributed by atoms with Crippen LogP contribution in [0.1, 0.15) is 16.8 Å². The van der Waals surface area contributed by atoms with Gasteiger partial charge in [-0.05, 0) is 48.5 Å². The van der Waals surface area contributed by atoms with Crippen molar-refractivity contribution in [3.05, 3.63) is 88.7 Å². The standard InChI is InChI=1S/C25H20N6O4/c32-22(13-14-31-25(35)18-5-1-2-6-19(18)28-29-31)26-17-11-9-16(10-12-17)24(34)30-15-23(33)27-20-7-3-4-8-21(20)30/h1-12H,13-15H2,(H,26,32)(H,27,33). The fourth-order valence-electron chi connectivity index (χ4n) is 3.87. The third-order valence-corrected chi connectivity index (χ3v) is 5.61. The number of amides is 3. The zero-order valence-electron chi connectivity index (χ0n) is 18.5. The number of carbonyl (C=O) groups excluding carboxylic acids is 3. The lowest BCUT2D eigenvalue weighted by molar-refractivity contribution is -0.116. The molecule has 35 heavy (non-hydrogen) atoms. The number of aromatic nitrogens is 3. The van der Waals surface area contributed by atoms with Crippen LogP contribution in [0.3, 0.4) is 0 Å². The van der Waals surface area contributed by atoms with Gasteiger partial charge in [-0.1, -0.05) is 29.5 Å². The second kappa shape index (κ2) is 9.18. The summed E-state index contributed by atoms with van der Waals surface area (Å²) < 4.78 is 1.16. The highest BCUT2D eigenvalue weighted by Gasteiger charge is 2.27. The fourth-order valence-corrected chi connectivity index (χ4v) is 3.87. The van der Waals surface area contributed by atoms with Crippen LogP contribution in [0.2, 0.25) is 0 Å². The van der Waals surface area contributed by atoms with Crippen LogP contribution in [-0.4, -0.2) is 39.3 Å². The van der Waals surface area contributed by atoms with Gasteiger partial charge in [-0.15, -0.1) is 5.10 Å². The van der Waals surface area contributed by atoms with E-state index in [9.17, 15) is 19.2 Å². The number of rotatable bonds is 5. The number of nitrogens with one attached hydrogen (secondary N) is 2. The minimum atomic E-state index is -0.320. The van der Waals surface area contributed by atoms with Crippen LogP contribution in [0.5, 0.6) is 0 Å². The SMILES string of the molecule is O=C(CCn1nnc2ccccc2c1=O)Nc1ccc(C(=O)N2CC(=O)Nc3ccccc32)cc1. The summed E-state index contributed by atoms with van der Waals surface area (Å²) in [7, 11) is 0. The van der Waals surface area contributed by atoms with Crippen LogP contribution < -0.4 is 21.1 Å². The van der Waals surface area contributed by atoms with Crippen molar-refractivity contribution in [1.29, 1.82) is 0 Å². The maximum absolute atomic E-state index is 13.0. The molecule has 1 aromatic heterocycles. The van der Waals surface area contributed by atoms with Gasteiger partial charge in [0.25, 0.3) is 11.5 Å². The third-order valence-electron chi connectivity index (χ3n) is 5.61. The van der Waals surface area contributed by atoms with E-state index in [0.717, 1.165) is 4.68 Å². The Balaban J connectivity index is 1.23. The van der Waals surface area contributed by atoms with Crippen molar-refractivity contribution in [1.82, 2.24) is 15.0 Å². The van der Waals surface area contributed by atoms with Crippen LogP contribution in [0.4, 0.5) is 17.1 Å². The minimum absolute atomic E-state index is 0.0211. The molecule has 10 nitrogen and oxygen atoms in total. The molecule has 0 aliphatic carbocycles. The molecule has 2 N–H and O–H groups in total. The average molecular weight is 468 g/mol. The maximum atomic E-state index is 13.0. The van der Waals surface area contributed by atoms with Gasteiger partial charge in [0.1, 0.15) is 12.1 Å². The van der Waals surface area contributed by atoms with Crippen LogP contribution in [0.15, 0.2) is 77.6 Å². The van der Waals surface area contributed by atoms with E-state index >= 15 is 0 Å². The molecule has 1 aliphatic heterocycles. The largest absolute Gasteiger partial charge is 0.326 e. The molecule has 0 atom stereocenters. The normalized spacial score (nSPS) is 12.7. The van der Waals surface area contributed by atoms with Gasteiger partial charge in [0.15, 0.2) is 0 Å². The maximum Gasteiger partial charge on any atom is 0.277 e. The van der Waals surface area contributed by atoms with E-state index < -0.39 is 0 Å². The van der Waals surface area contributed by atoms with Crippen molar-refractivity contribution in [2.45, 2.75) is 13.0 Å². The molecule has 0 unspecified atom stereocenters. The van der Waals surface area contributed by atoms with Crippen molar-refractivity contribution < 1.29 is 14.4 Å². The molecule has 5 rings (SSSR count). The topological polar surface area (TPSA) is 126 Å². The van der Waals surface area contributed by atoms with Gasteiger partial charge in [0, 0.05) is 17.7 Å². The Morgan fingerprint density at radius 1 is 0.943 bits per heavy atom. The van der Waals surface area contributed by atoms with Crippen LogP contribution in [0.25, 0.3) is 10.9 Å². The summed E-state index contributed by atoms with van der Waals surface area (Å²) in [6.07, 6.45) is 0.0211. The van der Waals surface area contributed by atoms with Gasteiger partial charge in [0.05, 0.1) is 23.3 Å². The number of carbonyl (C=O) groups is 3. The molecule has 0 fully saturated rings. The third kappa shape index (κ3) is 4.49. The van der Waals surface area contributed by atoms with Crippen molar-refractivity contribution in [3.63, 3.8) is 0 Å². The summed E-state index contributed by atoms with van der Waals surface area (Å²) in [6, 6.07) is 20.4. The molecule has 174 valence electrons. The van der Waals surface area contributed by atoms with Gasteiger partial charge in [-0.3, -0.25) is 24.1 Å². The highest BCUT2D eigenvalue weighted by molar-refractivity contribution is 6.15. The number of para-hydroxylation sites is 2. The van der Waals surface area contributed by atoms with E-state index in [2.05, 4.69) is 20.9 Å². The smallest absolute Gasteiger partial charge is 0.277 e. The zero-order valence-corrected chi connectivity index (χ0v) is 18.5. The van der Waals surface area contributed by atoms with Gasteiger partial charge < -0.3 is 10.6 Å². The predicted molar refractivity (Wildman–Crippen MR) is 130 cm³/mol. The Labute approximate surface area is 199 Å². The molecule has 1 aliphatic rings. The molecule has 4 aromatic rings. The van der Waals surface area contributed by atoms with E-state index in [1.54, 1.807) is 72.8 Å². The number of nitrogens with zero attached hydrogens (tertiary/aromatic N) is 4. The summed E-state index contributed by atoms with van der Waals surface area (Å²) >= 11 is 0. The summed E-state index contributed by atoms with van der Waals surface area (Å²) in [5.41, 5.74) is 2.28. The predicted octanol–water partition coefficient (Wildman–Crippen LogP) is 2.42. The number of benzene rings is 3. The van der Waals surface area contributed by atoms with Crippen molar-refractivity contribution in [2.24, 2.45) is 0 Å². The number of hydrogen-bond donors (Lipinski definition) is 2. The quantitative estimate of drug-likeness (QED) is 0.463. The Morgan fingerprint density at radius 3 is 2.51 bits per heavy atom. The molecule has 0 saturated carbocycles. The highest BCUT2D eigenvalue weighted by Crippen LogP contribution is 2.30. The number of hydrogen-bond acceptors (Lipinski definition) is 6. The first kappa shape index (κ1) is 22.0. The second-order valence-electron chi connectivity index (χ2n) is 7.97. The van der Waals surface area contributed by atoms with E-state index in [4.69, 9.17) is 0 Å². The molecule has 2 heterocycles. The molecular formula is C25H20N6O4. The van der Waals surface area contributed by atoms with Gasteiger partial charge in [-0.25, -0.2) is 4.68 Å². The van der Waals surface area contributed by atoms with Gasteiger partial charge in [0.2, 0.25) is 11.8 Å². The number of aryl methyl sites for hydroxylation is 1. The van der Waals surface area contributed by atoms with Gasteiger partial charge in [-0.2, -0.15) is 0 Å². The van der Waals surface area contributed by atoms with E-state index in [1.807, 2.05) is 0 Å². The lowest BCUT2D eigenvalue weighted by Crippen LogP contribution is -2.42. The van der Waals surface area contributed by atoms with Crippen LogP contribution in [0, 0.1) is 0 Å². The monoisotopic (exact) mass is 468 g/mol. The first-order valence-electron chi connectivity index (χ1n) is 10.9. The van der Waals surface area contributed by atoms with Crippen molar-refractivity contribution in [3.8, 4) is 0 Å². The van der Waals surface area contributed by atoms with E-state index in [1.165, 1.54) is 4.90 Å². The Kier molecular flexibility index (Phi) is 5.76. The molecular weight excluding hydrogens is 448 g/mol. The van der Waals surface area contributed by atoms with Crippen molar-refractivity contribution in [2.75, 3.05) is 22.1 Å². The highest BCUT2D eigenvalue weighted by atomic mass is 16.2. The lowest BCUT2D eigenvalue weighted by atomic mass is 10.1. The van der Waals surface area contributed by atoms with Crippen LogP contribution in [-0.2, 0) is 16.1 Å². The molecule has 3 amide bonds. The average Bonchev–Trinajstić information content (AvgIpc) is 2.88. The minimum Gasteiger partial charge on any atom is -0.326 e. The second-order valence-corrected chi connectivity index (χ2v) is 7.97. The van der Waals surface area contributed by atoms with E-state index in [-0.39, 0.29) is 42.8 Å². The summed E-state index contributed by atoms with van der Waals surface area (Å²) in [5.74, 6) is -0.900. The molecule has 0 spiro atoms. The zero-order chi connectivity index (χ0) is 24.4. The molecule has 0 bridgehead atoms. The first-order valence-corrected chi connectivity index (χ1v) is 10.9. The van der Waals surface area contributed by atoms with E-state index in [0.29, 0.717) is 33.5 Å². The molecule has 0 saturated heterocycles.